The third kappa shape index (κ3) is 3.21. The van der Waals surface area contributed by atoms with Crippen LogP contribution in [-0.2, 0) is 0 Å². The Morgan fingerprint density at radius 3 is 2.38 bits per heavy atom. The van der Waals surface area contributed by atoms with Gasteiger partial charge in [-0.1, -0.05) is 20.3 Å². The summed E-state index contributed by atoms with van der Waals surface area (Å²) in [5.74, 6) is 0. The molecule has 2 aliphatic rings. The van der Waals surface area contributed by atoms with E-state index in [0.717, 1.165) is 11.5 Å². The molecule has 1 heterocycles. The molecule has 0 radical (unpaired) electrons. The van der Waals surface area contributed by atoms with Crippen LogP contribution in [0.15, 0.2) is 0 Å². The summed E-state index contributed by atoms with van der Waals surface area (Å²) >= 11 is 0. The van der Waals surface area contributed by atoms with Crippen LogP contribution in [0.2, 0.25) is 0 Å². The first-order valence-corrected chi connectivity index (χ1v) is 7.24. The Morgan fingerprint density at radius 1 is 1.19 bits per heavy atom. The van der Waals surface area contributed by atoms with Crippen LogP contribution in [0.25, 0.3) is 0 Å². The summed E-state index contributed by atoms with van der Waals surface area (Å²) < 4.78 is 0. The first-order chi connectivity index (χ1) is 7.78. The maximum atomic E-state index is 3.83. The minimum absolute atomic E-state index is 0.719. The van der Waals surface area contributed by atoms with Gasteiger partial charge in [0.05, 0.1) is 0 Å². The van der Waals surface area contributed by atoms with E-state index < -0.39 is 0 Å². The molecule has 1 aliphatic carbocycles. The number of piperidine rings is 1. The van der Waals surface area contributed by atoms with Crippen LogP contribution in [0.3, 0.4) is 0 Å². The van der Waals surface area contributed by atoms with Gasteiger partial charge in [0.1, 0.15) is 0 Å². The van der Waals surface area contributed by atoms with Crippen molar-refractivity contribution in [2.75, 3.05) is 26.2 Å². The van der Waals surface area contributed by atoms with Gasteiger partial charge in [-0.25, -0.2) is 0 Å². The number of nitrogens with zero attached hydrogens (tertiary/aromatic N) is 1. The zero-order chi connectivity index (χ0) is 11.4. The normalized spacial score (nSPS) is 25.9. The second kappa shape index (κ2) is 5.50. The highest BCUT2D eigenvalue weighted by molar-refractivity contribution is 4.95. The Kier molecular flexibility index (Phi) is 4.26. The Bertz CT molecular complexity index is 203. The number of likely N-dealkylation sites (tertiary alicyclic amines) is 1. The molecule has 2 fully saturated rings. The van der Waals surface area contributed by atoms with E-state index in [1.54, 1.807) is 0 Å². The molecule has 0 unspecified atom stereocenters. The molecule has 1 aliphatic heterocycles. The maximum Gasteiger partial charge on any atom is 0.00916 e. The summed E-state index contributed by atoms with van der Waals surface area (Å²) in [7, 11) is 0. The Balaban J connectivity index is 1.64. The van der Waals surface area contributed by atoms with Crippen LogP contribution in [-0.4, -0.2) is 37.1 Å². The molecular weight excluding hydrogens is 196 g/mol. The van der Waals surface area contributed by atoms with E-state index in [1.807, 2.05) is 0 Å². The largest absolute Gasteiger partial charge is 0.313 e. The van der Waals surface area contributed by atoms with E-state index >= 15 is 0 Å². The van der Waals surface area contributed by atoms with E-state index in [0.29, 0.717) is 0 Å². The van der Waals surface area contributed by atoms with E-state index in [-0.39, 0.29) is 0 Å². The van der Waals surface area contributed by atoms with Crippen molar-refractivity contribution in [1.82, 2.24) is 10.2 Å². The second-order valence-electron chi connectivity index (χ2n) is 5.84. The number of rotatable bonds is 6. The molecule has 0 spiro atoms. The molecule has 2 heteroatoms. The molecular formula is C14H28N2. The third-order valence-electron chi connectivity index (χ3n) is 4.54. The Hall–Kier alpha value is -0.0800. The van der Waals surface area contributed by atoms with Gasteiger partial charge in [0.2, 0.25) is 0 Å². The van der Waals surface area contributed by atoms with Crippen LogP contribution < -0.4 is 5.32 Å². The van der Waals surface area contributed by atoms with Crippen molar-refractivity contribution >= 4 is 0 Å². The van der Waals surface area contributed by atoms with Gasteiger partial charge in [0, 0.05) is 12.6 Å². The molecule has 94 valence electrons. The van der Waals surface area contributed by atoms with Crippen LogP contribution >= 0.6 is 0 Å². The Labute approximate surface area is 101 Å². The fourth-order valence-corrected chi connectivity index (χ4v) is 3.04. The van der Waals surface area contributed by atoms with Gasteiger partial charge in [-0.15, -0.1) is 0 Å². The number of nitrogens with one attached hydrogen (secondary N) is 1. The van der Waals surface area contributed by atoms with E-state index in [1.165, 1.54) is 64.7 Å². The molecule has 2 nitrogen and oxygen atoms in total. The van der Waals surface area contributed by atoms with Crippen molar-refractivity contribution in [3.63, 3.8) is 0 Å². The van der Waals surface area contributed by atoms with Gasteiger partial charge in [0.25, 0.3) is 0 Å². The van der Waals surface area contributed by atoms with Gasteiger partial charge in [-0.05, 0) is 57.2 Å². The summed E-state index contributed by atoms with van der Waals surface area (Å²) in [4.78, 5) is 2.57. The smallest absolute Gasteiger partial charge is 0.00916 e. The molecule has 0 aromatic rings. The van der Waals surface area contributed by atoms with Crippen molar-refractivity contribution in [3.05, 3.63) is 0 Å². The SMILES string of the molecule is CCCC1(CNC2CCN(CC)CC2)CC1. The molecule has 1 saturated heterocycles. The van der Waals surface area contributed by atoms with Crippen molar-refractivity contribution in [1.29, 1.82) is 0 Å². The standard InChI is InChI=1S/C14H28N2/c1-3-7-14(8-9-14)12-15-13-5-10-16(4-2)11-6-13/h13,15H,3-12H2,1-2H3. The maximum absolute atomic E-state index is 3.83. The van der Waals surface area contributed by atoms with Gasteiger partial charge in [-0.2, -0.15) is 0 Å². The minimum atomic E-state index is 0.719. The quantitative estimate of drug-likeness (QED) is 0.746. The van der Waals surface area contributed by atoms with Gasteiger partial charge < -0.3 is 10.2 Å². The molecule has 16 heavy (non-hydrogen) atoms. The van der Waals surface area contributed by atoms with E-state index in [9.17, 15) is 0 Å². The summed E-state index contributed by atoms with van der Waals surface area (Å²) in [5, 5.41) is 3.83. The molecule has 2 rings (SSSR count). The summed E-state index contributed by atoms with van der Waals surface area (Å²) in [5.41, 5.74) is 0.719. The molecule has 0 amide bonds. The van der Waals surface area contributed by atoms with Gasteiger partial charge in [0.15, 0.2) is 0 Å². The van der Waals surface area contributed by atoms with Crippen LogP contribution in [0.4, 0.5) is 0 Å². The van der Waals surface area contributed by atoms with Gasteiger partial charge in [-0.3, -0.25) is 0 Å². The minimum Gasteiger partial charge on any atom is -0.313 e. The highest BCUT2D eigenvalue weighted by atomic mass is 15.1. The lowest BCUT2D eigenvalue weighted by Gasteiger charge is -2.32. The highest BCUT2D eigenvalue weighted by Crippen LogP contribution is 2.49. The van der Waals surface area contributed by atoms with Crippen LogP contribution in [0.1, 0.15) is 52.4 Å². The lowest BCUT2D eigenvalue weighted by Crippen LogP contribution is -2.44. The molecule has 0 aromatic heterocycles. The molecule has 0 bridgehead atoms. The first-order valence-electron chi connectivity index (χ1n) is 7.24. The van der Waals surface area contributed by atoms with Gasteiger partial charge >= 0.3 is 0 Å². The average molecular weight is 224 g/mol. The molecule has 1 saturated carbocycles. The van der Waals surface area contributed by atoms with Crippen molar-refractivity contribution in [2.45, 2.75) is 58.4 Å². The monoisotopic (exact) mass is 224 g/mol. The second-order valence-corrected chi connectivity index (χ2v) is 5.84. The van der Waals surface area contributed by atoms with Crippen LogP contribution in [0, 0.1) is 5.41 Å². The predicted octanol–water partition coefficient (Wildman–Crippen LogP) is 2.64. The number of hydrogen-bond donors (Lipinski definition) is 1. The highest BCUT2D eigenvalue weighted by Gasteiger charge is 2.41. The Morgan fingerprint density at radius 2 is 1.88 bits per heavy atom. The zero-order valence-corrected chi connectivity index (χ0v) is 11.1. The first kappa shape index (κ1) is 12.4. The number of hydrogen-bond acceptors (Lipinski definition) is 2. The van der Waals surface area contributed by atoms with Crippen LogP contribution in [0.5, 0.6) is 0 Å². The summed E-state index contributed by atoms with van der Waals surface area (Å²) in [6.07, 6.45) is 8.46. The fraction of sp³-hybridized carbons (Fsp3) is 1.00. The summed E-state index contributed by atoms with van der Waals surface area (Å²) in [6.45, 7) is 9.71. The van der Waals surface area contributed by atoms with E-state index in [4.69, 9.17) is 0 Å². The predicted molar refractivity (Wildman–Crippen MR) is 69.7 cm³/mol. The third-order valence-corrected chi connectivity index (χ3v) is 4.54. The average Bonchev–Trinajstić information content (AvgIpc) is 3.08. The zero-order valence-electron chi connectivity index (χ0n) is 11.1. The summed E-state index contributed by atoms with van der Waals surface area (Å²) in [6, 6.07) is 0.803. The molecule has 1 N–H and O–H groups in total. The molecule has 0 aromatic carbocycles. The lowest BCUT2D eigenvalue weighted by molar-refractivity contribution is 0.200. The van der Waals surface area contributed by atoms with Crippen molar-refractivity contribution in [3.8, 4) is 0 Å². The fourth-order valence-electron chi connectivity index (χ4n) is 3.04. The molecule has 0 atom stereocenters. The van der Waals surface area contributed by atoms with Crippen molar-refractivity contribution in [2.24, 2.45) is 5.41 Å². The van der Waals surface area contributed by atoms with Crippen molar-refractivity contribution < 1.29 is 0 Å². The lowest BCUT2D eigenvalue weighted by atomic mass is 9.98. The van der Waals surface area contributed by atoms with E-state index in [2.05, 4.69) is 24.1 Å². The topological polar surface area (TPSA) is 15.3 Å².